The smallest absolute Gasteiger partial charge is 0.213 e. The van der Waals surface area contributed by atoms with Crippen LogP contribution in [0.1, 0.15) is 23.3 Å². The van der Waals surface area contributed by atoms with E-state index in [2.05, 4.69) is 38.1 Å². The molecule has 2 heterocycles. The fraction of sp³-hybridized carbons (Fsp3) is 0.412. The van der Waals surface area contributed by atoms with Crippen molar-refractivity contribution in [3.8, 4) is 5.88 Å². The summed E-state index contributed by atoms with van der Waals surface area (Å²) in [4.78, 5) is 9.79. The lowest BCUT2D eigenvalue weighted by molar-refractivity contribution is 0.288. The highest BCUT2D eigenvalue weighted by Crippen LogP contribution is 2.29. The van der Waals surface area contributed by atoms with Gasteiger partial charge in [0.25, 0.3) is 0 Å². The standard InChI is InChI=1S/C17H22N4OS.HI/c1-18-17(21-11-15-3-2-8-23-15)20-10-14-6-7-19-16(9-14)22-12-13-4-5-13;/h2-3,6-9,13H,4-5,10-12H2,1H3,(H2,18,20,21);1H. The number of guanidine groups is 1. The lowest BCUT2D eigenvalue weighted by Gasteiger charge is -2.12. The first kappa shape index (κ1) is 19.0. The van der Waals surface area contributed by atoms with Gasteiger partial charge in [-0.3, -0.25) is 4.99 Å². The third-order valence-electron chi connectivity index (χ3n) is 3.66. The Morgan fingerprint density at radius 2 is 2.17 bits per heavy atom. The summed E-state index contributed by atoms with van der Waals surface area (Å²) in [6.07, 6.45) is 4.36. The van der Waals surface area contributed by atoms with Gasteiger partial charge in [0, 0.05) is 30.7 Å². The molecule has 0 unspecified atom stereocenters. The first-order valence-corrected chi connectivity index (χ1v) is 8.76. The monoisotopic (exact) mass is 458 g/mol. The molecule has 0 saturated heterocycles. The van der Waals surface area contributed by atoms with Crippen LogP contribution in [-0.4, -0.2) is 24.6 Å². The van der Waals surface area contributed by atoms with Crippen LogP contribution in [0.15, 0.2) is 40.8 Å². The van der Waals surface area contributed by atoms with Crippen LogP contribution in [0, 0.1) is 5.92 Å². The van der Waals surface area contributed by atoms with Crippen molar-refractivity contribution in [2.24, 2.45) is 10.9 Å². The molecule has 2 aromatic heterocycles. The fourth-order valence-corrected chi connectivity index (χ4v) is 2.76. The van der Waals surface area contributed by atoms with Crippen molar-refractivity contribution < 1.29 is 4.74 Å². The van der Waals surface area contributed by atoms with Gasteiger partial charge in [-0.05, 0) is 41.8 Å². The second-order valence-electron chi connectivity index (χ2n) is 5.62. The molecule has 2 aromatic rings. The Kier molecular flexibility index (Phi) is 7.77. The largest absolute Gasteiger partial charge is 0.477 e. The summed E-state index contributed by atoms with van der Waals surface area (Å²) in [6.45, 7) is 2.25. The number of nitrogens with one attached hydrogen (secondary N) is 2. The summed E-state index contributed by atoms with van der Waals surface area (Å²) in [6, 6.07) is 8.14. The highest BCUT2D eigenvalue weighted by molar-refractivity contribution is 14.0. The molecule has 1 saturated carbocycles. The Labute approximate surface area is 164 Å². The van der Waals surface area contributed by atoms with E-state index in [0.29, 0.717) is 12.4 Å². The molecule has 1 aliphatic rings. The van der Waals surface area contributed by atoms with E-state index < -0.39 is 0 Å². The van der Waals surface area contributed by atoms with Gasteiger partial charge in [0.1, 0.15) is 0 Å². The molecule has 0 aliphatic heterocycles. The van der Waals surface area contributed by atoms with E-state index in [1.807, 2.05) is 12.1 Å². The molecule has 2 N–H and O–H groups in total. The first-order valence-electron chi connectivity index (χ1n) is 7.88. The van der Waals surface area contributed by atoms with E-state index in [4.69, 9.17) is 4.74 Å². The Morgan fingerprint density at radius 1 is 1.33 bits per heavy atom. The zero-order valence-corrected chi connectivity index (χ0v) is 16.8. The van der Waals surface area contributed by atoms with Crippen LogP contribution >= 0.6 is 35.3 Å². The second-order valence-corrected chi connectivity index (χ2v) is 6.65. The van der Waals surface area contributed by atoms with Gasteiger partial charge in [-0.15, -0.1) is 35.3 Å². The number of hydrogen-bond donors (Lipinski definition) is 2. The third-order valence-corrected chi connectivity index (χ3v) is 4.53. The van der Waals surface area contributed by atoms with Crippen LogP contribution < -0.4 is 15.4 Å². The van der Waals surface area contributed by atoms with Gasteiger partial charge in [0.05, 0.1) is 13.2 Å². The van der Waals surface area contributed by atoms with E-state index in [0.717, 1.165) is 30.6 Å². The Hall–Kier alpha value is -1.35. The predicted molar refractivity (Wildman–Crippen MR) is 109 cm³/mol. The van der Waals surface area contributed by atoms with Gasteiger partial charge < -0.3 is 15.4 Å². The van der Waals surface area contributed by atoms with Crippen molar-refractivity contribution in [1.82, 2.24) is 15.6 Å². The summed E-state index contributed by atoms with van der Waals surface area (Å²) < 4.78 is 5.72. The van der Waals surface area contributed by atoms with E-state index in [1.54, 1.807) is 24.6 Å². The maximum absolute atomic E-state index is 5.72. The Morgan fingerprint density at radius 3 is 2.88 bits per heavy atom. The average molecular weight is 458 g/mol. The zero-order valence-electron chi connectivity index (χ0n) is 13.7. The number of ether oxygens (including phenoxy) is 1. The normalized spacial score (nSPS) is 14.0. The number of hydrogen-bond acceptors (Lipinski definition) is 4. The molecule has 7 heteroatoms. The summed E-state index contributed by atoms with van der Waals surface area (Å²) >= 11 is 1.73. The van der Waals surface area contributed by atoms with Crippen LogP contribution in [0.3, 0.4) is 0 Å². The minimum absolute atomic E-state index is 0. The summed E-state index contributed by atoms with van der Waals surface area (Å²) in [7, 11) is 1.78. The van der Waals surface area contributed by atoms with Crippen molar-refractivity contribution in [1.29, 1.82) is 0 Å². The molecule has 1 fully saturated rings. The zero-order chi connectivity index (χ0) is 15.9. The minimum atomic E-state index is 0. The summed E-state index contributed by atoms with van der Waals surface area (Å²) in [5.41, 5.74) is 1.13. The number of halogens is 1. The van der Waals surface area contributed by atoms with Gasteiger partial charge in [-0.1, -0.05) is 6.07 Å². The van der Waals surface area contributed by atoms with Crippen LogP contribution in [0.2, 0.25) is 0 Å². The van der Waals surface area contributed by atoms with Crippen LogP contribution in [0.5, 0.6) is 5.88 Å². The first-order chi connectivity index (χ1) is 11.3. The number of aromatic nitrogens is 1. The summed E-state index contributed by atoms with van der Waals surface area (Å²) in [5.74, 6) is 2.23. The number of pyridine rings is 1. The van der Waals surface area contributed by atoms with Crippen molar-refractivity contribution >= 4 is 41.3 Å². The molecule has 130 valence electrons. The maximum Gasteiger partial charge on any atom is 0.213 e. The van der Waals surface area contributed by atoms with E-state index in [-0.39, 0.29) is 24.0 Å². The Balaban J connectivity index is 0.00000208. The van der Waals surface area contributed by atoms with E-state index >= 15 is 0 Å². The van der Waals surface area contributed by atoms with Gasteiger partial charge in [-0.2, -0.15) is 0 Å². The second kappa shape index (κ2) is 9.83. The van der Waals surface area contributed by atoms with Crippen LogP contribution in [0.4, 0.5) is 0 Å². The molecule has 0 amide bonds. The molecule has 0 spiro atoms. The number of nitrogens with zero attached hydrogens (tertiary/aromatic N) is 2. The molecule has 0 bridgehead atoms. The molecule has 24 heavy (non-hydrogen) atoms. The topological polar surface area (TPSA) is 58.5 Å². The molecule has 5 nitrogen and oxygen atoms in total. The van der Waals surface area contributed by atoms with Crippen LogP contribution in [0.25, 0.3) is 0 Å². The Bertz CT molecular complexity index is 644. The highest BCUT2D eigenvalue weighted by Gasteiger charge is 2.22. The SMILES string of the molecule is CN=C(NCc1ccnc(OCC2CC2)c1)NCc1cccs1.I. The quantitative estimate of drug-likeness (QED) is 0.380. The van der Waals surface area contributed by atoms with Gasteiger partial charge in [0.2, 0.25) is 5.88 Å². The molecule has 3 rings (SSSR count). The molecular weight excluding hydrogens is 435 g/mol. The molecule has 0 aromatic carbocycles. The third kappa shape index (κ3) is 6.27. The predicted octanol–water partition coefficient (Wildman–Crippen LogP) is 3.42. The van der Waals surface area contributed by atoms with Crippen molar-refractivity contribution in [2.45, 2.75) is 25.9 Å². The van der Waals surface area contributed by atoms with Gasteiger partial charge in [-0.25, -0.2) is 4.98 Å². The van der Waals surface area contributed by atoms with E-state index in [1.165, 1.54) is 17.7 Å². The number of rotatable bonds is 7. The van der Waals surface area contributed by atoms with E-state index in [9.17, 15) is 0 Å². The van der Waals surface area contributed by atoms with Crippen molar-refractivity contribution in [3.63, 3.8) is 0 Å². The maximum atomic E-state index is 5.72. The van der Waals surface area contributed by atoms with Gasteiger partial charge in [0.15, 0.2) is 5.96 Å². The molecule has 0 radical (unpaired) electrons. The average Bonchev–Trinajstić information content (AvgIpc) is 3.27. The summed E-state index contributed by atoms with van der Waals surface area (Å²) in [5, 5.41) is 8.70. The van der Waals surface area contributed by atoms with Crippen LogP contribution in [-0.2, 0) is 13.1 Å². The molecule has 0 atom stereocenters. The lowest BCUT2D eigenvalue weighted by Crippen LogP contribution is -2.36. The minimum Gasteiger partial charge on any atom is -0.477 e. The molecule has 1 aliphatic carbocycles. The lowest BCUT2D eigenvalue weighted by atomic mass is 10.2. The van der Waals surface area contributed by atoms with Crippen molar-refractivity contribution in [3.05, 3.63) is 46.3 Å². The fourth-order valence-electron chi connectivity index (χ4n) is 2.12. The number of thiophene rings is 1. The van der Waals surface area contributed by atoms with Crippen molar-refractivity contribution in [2.75, 3.05) is 13.7 Å². The van der Waals surface area contributed by atoms with Gasteiger partial charge >= 0.3 is 0 Å². The number of aliphatic imine (C=N–C) groups is 1. The highest BCUT2D eigenvalue weighted by atomic mass is 127. The molecular formula is C17H23IN4OS.